The van der Waals surface area contributed by atoms with Crippen LogP contribution in [0.25, 0.3) is 0 Å². The van der Waals surface area contributed by atoms with Gasteiger partial charge in [-0.05, 0) is 29.8 Å². The molecule has 0 fully saturated rings. The first-order valence-electron chi connectivity index (χ1n) is 7.34. The van der Waals surface area contributed by atoms with Gasteiger partial charge in [-0.2, -0.15) is 0 Å². The summed E-state index contributed by atoms with van der Waals surface area (Å²) in [6, 6.07) is 11.0. The summed E-state index contributed by atoms with van der Waals surface area (Å²) in [5.74, 6) is 0.445. The summed E-state index contributed by atoms with van der Waals surface area (Å²) >= 11 is 0. The lowest BCUT2D eigenvalue weighted by atomic mass is 10.1. The van der Waals surface area contributed by atoms with Crippen molar-refractivity contribution in [2.45, 2.75) is 6.42 Å². The first-order valence-corrected chi connectivity index (χ1v) is 7.34. The normalized spacial score (nSPS) is 10.4. The molecule has 0 saturated heterocycles. The van der Waals surface area contributed by atoms with Crippen LogP contribution in [0.4, 0.5) is 16.0 Å². The van der Waals surface area contributed by atoms with Crippen LogP contribution in [0.2, 0.25) is 0 Å². The molecule has 0 amide bonds. The number of phenols is 2. The first kappa shape index (κ1) is 18.5. The van der Waals surface area contributed by atoms with Gasteiger partial charge in [0, 0.05) is 32.3 Å². The third-order valence-corrected chi connectivity index (χ3v) is 3.86. The van der Waals surface area contributed by atoms with Crippen molar-refractivity contribution in [3.63, 3.8) is 0 Å². The number of aromatic nitrogens is 3. The molecule has 1 heterocycles. The van der Waals surface area contributed by atoms with E-state index < -0.39 is 11.6 Å². The molecular formula is C17H18ClFN4O2. The van der Waals surface area contributed by atoms with Crippen molar-refractivity contribution < 1.29 is 14.6 Å². The molecule has 25 heavy (non-hydrogen) atoms. The van der Waals surface area contributed by atoms with E-state index in [4.69, 9.17) is 0 Å². The molecular weight excluding hydrogens is 347 g/mol. The first-order chi connectivity index (χ1) is 11.5. The fourth-order valence-electron chi connectivity index (χ4n) is 2.42. The van der Waals surface area contributed by atoms with E-state index in [1.807, 2.05) is 23.7 Å². The van der Waals surface area contributed by atoms with Crippen LogP contribution in [0.1, 0.15) is 11.4 Å². The average molecular weight is 365 g/mol. The molecule has 2 N–H and O–H groups in total. The van der Waals surface area contributed by atoms with Gasteiger partial charge in [-0.25, -0.2) is 4.39 Å². The van der Waals surface area contributed by atoms with Crippen molar-refractivity contribution in [2.24, 2.45) is 7.05 Å². The van der Waals surface area contributed by atoms with Gasteiger partial charge in [0.2, 0.25) is 5.95 Å². The molecule has 0 unspecified atom stereocenters. The number of rotatable bonds is 4. The van der Waals surface area contributed by atoms with Gasteiger partial charge in [-0.1, -0.05) is 12.1 Å². The Morgan fingerprint density at radius 2 is 1.76 bits per heavy atom. The summed E-state index contributed by atoms with van der Waals surface area (Å²) in [7, 11) is 3.60. The Balaban J connectivity index is 0.00000225. The number of benzene rings is 2. The maximum atomic E-state index is 13.2. The molecule has 0 atom stereocenters. The van der Waals surface area contributed by atoms with Crippen molar-refractivity contribution in [1.82, 2.24) is 14.8 Å². The van der Waals surface area contributed by atoms with Gasteiger partial charge in [0.25, 0.3) is 0 Å². The van der Waals surface area contributed by atoms with E-state index in [0.29, 0.717) is 18.1 Å². The number of hydrogen-bond acceptors (Lipinski definition) is 5. The van der Waals surface area contributed by atoms with Crippen LogP contribution in [0.3, 0.4) is 0 Å². The standard InChI is InChI=1S/C17H17FN4O2.ClH/c1-21(12-5-8-14(18)15(24)10-12)17-20-19-16(22(17)2)9-11-3-6-13(23)7-4-11;/h3-8,10,23-24H,9H2,1-2H3;1H. The second kappa shape index (κ2) is 7.40. The highest BCUT2D eigenvalue weighted by molar-refractivity contribution is 5.85. The fourth-order valence-corrected chi connectivity index (χ4v) is 2.42. The van der Waals surface area contributed by atoms with E-state index in [2.05, 4.69) is 10.2 Å². The van der Waals surface area contributed by atoms with E-state index in [-0.39, 0.29) is 18.2 Å². The van der Waals surface area contributed by atoms with E-state index in [1.54, 1.807) is 30.1 Å². The minimum absolute atomic E-state index is 0. The van der Waals surface area contributed by atoms with Crippen molar-refractivity contribution >= 4 is 24.0 Å². The fraction of sp³-hybridized carbons (Fsp3) is 0.176. The maximum absolute atomic E-state index is 13.2. The molecule has 0 bridgehead atoms. The molecule has 3 aromatic rings. The molecule has 0 aliphatic heterocycles. The van der Waals surface area contributed by atoms with Crippen LogP contribution in [0, 0.1) is 5.82 Å². The lowest BCUT2D eigenvalue weighted by Crippen LogP contribution is -2.15. The smallest absolute Gasteiger partial charge is 0.231 e. The molecule has 6 nitrogen and oxygen atoms in total. The van der Waals surface area contributed by atoms with Gasteiger partial charge < -0.3 is 15.1 Å². The van der Waals surface area contributed by atoms with Gasteiger partial charge in [0.15, 0.2) is 11.6 Å². The summed E-state index contributed by atoms with van der Waals surface area (Å²) in [6.07, 6.45) is 0.562. The van der Waals surface area contributed by atoms with Crippen molar-refractivity contribution in [1.29, 1.82) is 0 Å². The molecule has 0 spiro atoms. The second-order valence-electron chi connectivity index (χ2n) is 5.51. The van der Waals surface area contributed by atoms with Gasteiger partial charge in [-0.3, -0.25) is 4.57 Å². The third kappa shape index (κ3) is 3.83. The highest BCUT2D eigenvalue weighted by atomic mass is 35.5. The van der Waals surface area contributed by atoms with E-state index >= 15 is 0 Å². The summed E-state index contributed by atoms with van der Waals surface area (Å²) < 4.78 is 15.0. The summed E-state index contributed by atoms with van der Waals surface area (Å²) in [6.45, 7) is 0. The number of aromatic hydroxyl groups is 2. The molecule has 2 aromatic carbocycles. The van der Waals surface area contributed by atoms with E-state index in [1.165, 1.54) is 12.1 Å². The Labute approximate surface area is 150 Å². The van der Waals surface area contributed by atoms with Gasteiger partial charge >= 0.3 is 0 Å². The molecule has 0 radical (unpaired) electrons. The topological polar surface area (TPSA) is 74.4 Å². The SMILES string of the molecule is CN(c1ccc(F)c(O)c1)c1nnc(Cc2ccc(O)cc2)n1C.Cl. The van der Waals surface area contributed by atoms with Crippen molar-refractivity contribution in [3.05, 3.63) is 59.7 Å². The zero-order valence-corrected chi connectivity index (χ0v) is 14.5. The highest BCUT2D eigenvalue weighted by Gasteiger charge is 2.15. The zero-order valence-electron chi connectivity index (χ0n) is 13.7. The molecule has 0 aliphatic carbocycles. The maximum Gasteiger partial charge on any atom is 0.231 e. The summed E-state index contributed by atoms with van der Waals surface area (Å²) in [4.78, 5) is 1.71. The van der Waals surface area contributed by atoms with E-state index in [9.17, 15) is 14.6 Å². The van der Waals surface area contributed by atoms with Crippen LogP contribution in [-0.2, 0) is 13.5 Å². The molecule has 8 heteroatoms. The predicted octanol–water partition coefficient (Wildman–Crippen LogP) is 3.15. The van der Waals surface area contributed by atoms with Crippen LogP contribution in [0.5, 0.6) is 11.5 Å². The zero-order chi connectivity index (χ0) is 17.3. The highest BCUT2D eigenvalue weighted by Crippen LogP contribution is 2.27. The number of anilines is 2. The molecule has 132 valence electrons. The van der Waals surface area contributed by atoms with Gasteiger partial charge in [0.1, 0.15) is 11.6 Å². The Morgan fingerprint density at radius 1 is 1.08 bits per heavy atom. The Kier molecular flexibility index (Phi) is 5.48. The number of nitrogens with zero attached hydrogens (tertiary/aromatic N) is 4. The molecule has 0 aliphatic rings. The number of halogens is 2. The summed E-state index contributed by atoms with van der Waals surface area (Å²) in [5, 5.41) is 27.2. The number of phenolic OH excluding ortho intramolecular Hbond substituents is 2. The number of hydrogen-bond donors (Lipinski definition) is 2. The minimum atomic E-state index is -0.668. The van der Waals surface area contributed by atoms with Crippen molar-refractivity contribution in [3.8, 4) is 11.5 Å². The molecule has 1 aromatic heterocycles. The van der Waals surface area contributed by atoms with Crippen LogP contribution in [-0.4, -0.2) is 32.0 Å². The molecule has 0 saturated carbocycles. The van der Waals surface area contributed by atoms with Crippen LogP contribution < -0.4 is 4.90 Å². The third-order valence-electron chi connectivity index (χ3n) is 3.86. The Hall–Kier alpha value is -2.80. The van der Waals surface area contributed by atoms with Gasteiger partial charge in [-0.15, -0.1) is 22.6 Å². The predicted molar refractivity (Wildman–Crippen MR) is 95.3 cm³/mol. The largest absolute Gasteiger partial charge is 0.508 e. The van der Waals surface area contributed by atoms with E-state index in [0.717, 1.165) is 11.4 Å². The minimum Gasteiger partial charge on any atom is -0.508 e. The lowest BCUT2D eigenvalue weighted by Gasteiger charge is -2.18. The Morgan fingerprint density at radius 3 is 2.40 bits per heavy atom. The van der Waals surface area contributed by atoms with Crippen LogP contribution in [0.15, 0.2) is 42.5 Å². The van der Waals surface area contributed by atoms with Crippen molar-refractivity contribution in [2.75, 3.05) is 11.9 Å². The average Bonchev–Trinajstić information content (AvgIpc) is 2.92. The monoisotopic (exact) mass is 364 g/mol. The quantitative estimate of drug-likeness (QED) is 0.744. The molecule has 3 rings (SSSR count). The van der Waals surface area contributed by atoms with Gasteiger partial charge in [0.05, 0.1) is 0 Å². The van der Waals surface area contributed by atoms with Crippen LogP contribution >= 0.6 is 12.4 Å². The summed E-state index contributed by atoms with van der Waals surface area (Å²) in [5.41, 5.74) is 1.59. The second-order valence-corrected chi connectivity index (χ2v) is 5.51. The lowest BCUT2D eigenvalue weighted by molar-refractivity contribution is 0.432. The Bertz CT molecular complexity index is 868.